The van der Waals surface area contributed by atoms with E-state index in [4.69, 9.17) is 4.42 Å². The van der Waals surface area contributed by atoms with Gasteiger partial charge in [-0.05, 0) is 61.7 Å². The predicted molar refractivity (Wildman–Crippen MR) is 107 cm³/mol. The van der Waals surface area contributed by atoms with Crippen LogP contribution >= 0.6 is 0 Å². The van der Waals surface area contributed by atoms with Crippen molar-refractivity contribution >= 4 is 26.6 Å². The number of furan rings is 1. The van der Waals surface area contributed by atoms with Crippen molar-refractivity contribution in [3.63, 3.8) is 0 Å². The van der Waals surface area contributed by atoms with E-state index in [1.165, 1.54) is 6.26 Å². The highest BCUT2D eigenvalue weighted by Gasteiger charge is 2.32. The molecule has 4 rings (SSSR count). The van der Waals surface area contributed by atoms with Crippen LogP contribution < -0.4 is 0 Å². The summed E-state index contributed by atoms with van der Waals surface area (Å²) in [5, 5.41) is 0.522. The summed E-state index contributed by atoms with van der Waals surface area (Å²) in [6.45, 7) is 2.86. The fourth-order valence-corrected chi connectivity index (χ4v) is 5.45. The first-order valence-electron chi connectivity index (χ1n) is 9.32. The number of pyridine rings is 1. The smallest absolute Gasteiger partial charge is 0.253 e. The van der Waals surface area contributed by atoms with Crippen LogP contribution in [0.3, 0.4) is 0 Å². The molecule has 0 atom stereocenters. The largest absolute Gasteiger partial charge is 0.468 e. The van der Waals surface area contributed by atoms with Gasteiger partial charge in [-0.2, -0.15) is 0 Å². The van der Waals surface area contributed by atoms with Gasteiger partial charge in [0, 0.05) is 30.2 Å². The van der Waals surface area contributed by atoms with Gasteiger partial charge in [-0.3, -0.25) is 9.78 Å². The number of fused-ring (bicyclic) bond motifs is 1. The van der Waals surface area contributed by atoms with Crippen LogP contribution in [0.5, 0.6) is 0 Å². The zero-order chi connectivity index (χ0) is 19.7. The summed E-state index contributed by atoms with van der Waals surface area (Å²) >= 11 is 0. The zero-order valence-electron chi connectivity index (χ0n) is 15.7. The van der Waals surface area contributed by atoms with Crippen molar-refractivity contribution in [1.82, 2.24) is 9.88 Å². The molecule has 0 aliphatic carbocycles. The number of sulfone groups is 1. The second kappa shape index (κ2) is 7.39. The molecular weight excluding hydrogens is 376 g/mol. The molecule has 1 aromatic carbocycles. The van der Waals surface area contributed by atoms with Crippen LogP contribution in [0.15, 0.2) is 53.3 Å². The summed E-state index contributed by atoms with van der Waals surface area (Å²) < 4.78 is 30.4. The minimum atomic E-state index is -3.29. The maximum Gasteiger partial charge on any atom is 0.253 e. The van der Waals surface area contributed by atoms with Gasteiger partial charge in [0.2, 0.25) is 0 Å². The fourth-order valence-electron chi connectivity index (χ4n) is 3.73. The van der Waals surface area contributed by atoms with Gasteiger partial charge < -0.3 is 9.32 Å². The molecule has 0 spiro atoms. The maximum atomic E-state index is 12.9. The quantitative estimate of drug-likeness (QED) is 0.673. The summed E-state index contributed by atoms with van der Waals surface area (Å²) in [6, 6.07) is 10.8. The number of hydrogen-bond acceptors (Lipinski definition) is 5. The molecule has 3 heterocycles. The summed E-state index contributed by atoms with van der Waals surface area (Å²) in [5.41, 5.74) is 2.54. The van der Waals surface area contributed by atoms with Crippen LogP contribution in [0.2, 0.25) is 0 Å². The first kappa shape index (κ1) is 18.7. The number of rotatable bonds is 4. The second-order valence-corrected chi connectivity index (χ2v) is 9.52. The minimum absolute atomic E-state index is 0.0629. The van der Waals surface area contributed by atoms with Crippen molar-refractivity contribution in [3.05, 3.63) is 65.7 Å². The van der Waals surface area contributed by atoms with E-state index >= 15 is 0 Å². The molecule has 1 aliphatic heterocycles. The van der Waals surface area contributed by atoms with E-state index in [9.17, 15) is 13.2 Å². The number of hydrogen-bond donors (Lipinski definition) is 0. The third-order valence-corrected chi connectivity index (χ3v) is 7.54. The molecule has 1 saturated heterocycles. The van der Waals surface area contributed by atoms with Gasteiger partial charge in [0.05, 0.1) is 17.0 Å². The molecule has 3 aromatic rings. The van der Waals surface area contributed by atoms with E-state index in [1.54, 1.807) is 29.3 Å². The van der Waals surface area contributed by atoms with Crippen molar-refractivity contribution in [2.75, 3.05) is 13.1 Å². The molecule has 146 valence electrons. The van der Waals surface area contributed by atoms with Crippen LogP contribution in [0.4, 0.5) is 0 Å². The normalized spacial score (nSPS) is 15.8. The lowest BCUT2D eigenvalue weighted by Crippen LogP contribution is -2.42. The molecule has 1 aliphatic rings. The van der Waals surface area contributed by atoms with Crippen LogP contribution in [0.25, 0.3) is 10.9 Å². The van der Waals surface area contributed by atoms with Crippen molar-refractivity contribution in [3.8, 4) is 0 Å². The number of piperidine rings is 1. The monoisotopic (exact) mass is 398 g/mol. The van der Waals surface area contributed by atoms with Crippen LogP contribution in [-0.4, -0.2) is 42.5 Å². The second-order valence-electron chi connectivity index (χ2n) is 7.24. The Labute approximate surface area is 164 Å². The first-order valence-corrected chi connectivity index (χ1v) is 11.0. The third-order valence-electron chi connectivity index (χ3n) is 5.37. The van der Waals surface area contributed by atoms with Crippen LogP contribution in [0.1, 0.15) is 34.5 Å². The molecule has 28 heavy (non-hydrogen) atoms. The summed E-state index contributed by atoms with van der Waals surface area (Å²) in [6.07, 6.45) is 4.13. The fraction of sp³-hybridized carbons (Fsp3) is 0.333. The van der Waals surface area contributed by atoms with Gasteiger partial charge in [0.25, 0.3) is 5.91 Å². The van der Waals surface area contributed by atoms with E-state index in [0.717, 1.165) is 16.5 Å². The molecule has 0 bridgehead atoms. The van der Waals surface area contributed by atoms with Gasteiger partial charge >= 0.3 is 0 Å². The van der Waals surface area contributed by atoms with E-state index in [0.29, 0.717) is 37.3 Å². The number of benzene rings is 1. The Morgan fingerprint density at radius 1 is 1.21 bits per heavy atom. The van der Waals surface area contributed by atoms with Gasteiger partial charge in [-0.15, -0.1) is 0 Å². The number of likely N-dealkylation sites (tertiary alicyclic amines) is 1. The number of aryl methyl sites for hydroxylation is 1. The van der Waals surface area contributed by atoms with Crippen molar-refractivity contribution in [1.29, 1.82) is 0 Å². The van der Waals surface area contributed by atoms with Gasteiger partial charge in [-0.1, -0.05) is 0 Å². The number of nitrogens with zero attached hydrogens (tertiary/aromatic N) is 2. The average Bonchev–Trinajstić information content (AvgIpc) is 3.20. The maximum absolute atomic E-state index is 12.9. The number of carbonyl (C=O) groups excluding carboxylic acids is 1. The topological polar surface area (TPSA) is 80.5 Å². The molecule has 1 fully saturated rings. The molecule has 0 saturated carbocycles. The Morgan fingerprint density at radius 2 is 2.00 bits per heavy atom. The molecule has 6 nitrogen and oxygen atoms in total. The van der Waals surface area contributed by atoms with Crippen molar-refractivity contribution < 1.29 is 17.6 Å². The van der Waals surface area contributed by atoms with E-state index in [2.05, 4.69) is 4.98 Å². The number of aromatic nitrogens is 1. The predicted octanol–water partition coefficient (Wildman–Crippen LogP) is 3.36. The molecule has 0 unspecified atom stereocenters. The van der Waals surface area contributed by atoms with Gasteiger partial charge in [-0.25, -0.2) is 8.42 Å². The molecule has 0 N–H and O–H groups in total. The first-order chi connectivity index (χ1) is 13.4. The van der Waals surface area contributed by atoms with E-state index in [-0.39, 0.29) is 11.7 Å². The Morgan fingerprint density at radius 3 is 2.71 bits per heavy atom. The summed E-state index contributed by atoms with van der Waals surface area (Å²) in [5.74, 6) is 0.306. The SMILES string of the molecule is Cc1ccnc2ccc(C(=O)N3CCC(S(=O)(=O)Cc4ccco4)CC3)cc12. The standard InChI is InChI=1S/C21H22N2O4S/c1-15-6-9-22-20-5-4-16(13-19(15)20)21(24)23-10-7-18(8-11-23)28(25,26)14-17-3-2-12-27-17/h2-6,9,12-13,18H,7-8,10-11,14H2,1H3. The molecule has 0 radical (unpaired) electrons. The van der Waals surface area contributed by atoms with E-state index in [1.807, 2.05) is 25.1 Å². The Hall–Kier alpha value is -2.67. The lowest BCUT2D eigenvalue weighted by molar-refractivity contribution is 0.0725. The highest BCUT2D eigenvalue weighted by atomic mass is 32.2. The summed E-state index contributed by atoms with van der Waals surface area (Å²) in [4.78, 5) is 19.0. The lowest BCUT2D eigenvalue weighted by atomic mass is 10.0. The van der Waals surface area contributed by atoms with Crippen LogP contribution in [-0.2, 0) is 15.6 Å². The van der Waals surface area contributed by atoms with E-state index < -0.39 is 15.1 Å². The van der Waals surface area contributed by atoms with Gasteiger partial charge in [0.1, 0.15) is 11.5 Å². The van der Waals surface area contributed by atoms with Crippen molar-refractivity contribution in [2.45, 2.75) is 30.8 Å². The Balaban J connectivity index is 1.45. The highest BCUT2D eigenvalue weighted by Crippen LogP contribution is 2.24. The molecule has 1 amide bonds. The molecule has 7 heteroatoms. The average molecular weight is 398 g/mol. The van der Waals surface area contributed by atoms with Gasteiger partial charge in [0.15, 0.2) is 9.84 Å². The molecule has 2 aromatic heterocycles. The Bertz CT molecular complexity index is 1100. The Kier molecular flexibility index (Phi) is 4.93. The molecular formula is C21H22N2O4S. The van der Waals surface area contributed by atoms with Crippen LogP contribution in [0, 0.1) is 6.92 Å². The minimum Gasteiger partial charge on any atom is -0.468 e. The lowest BCUT2D eigenvalue weighted by Gasteiger charge is -2.31. The number of carbonyl (C=O) groups is 1. The zero-order valence-corrected chi connectivity index (χ0v) is 16.5. The van der Waals surface area contributed by atoms with Crippen molar-refractivity contribution in [2.24, 2.45) is 0 Å². The highest BCUT2D eigenvalue weighted by molar-refractivity contribution is 7.91. The third kappa shape index (κ3) is 3.67. The number of amides is 1. The summed E-state index contributed by atoms with van der Waals surface area (Å²) in [7, 11) is -3.29.